The molecule has 17 heavy (non-hydrogen) atoms. The van der Waals surface area contributed by atoms with Crippen LogP contribution in [-0.2, 0) is 4.74 Å². The van der Waals surface area contributed by atoms with Crippen LogP contribution in [0.3, 0.4) is 0 Å². The molecule has 0 fully saturated rings. The van der Waals surface area contributed by atoms with E-state index in [1.807, 2.05) is 0 Å². The number of carbonyl (C=O) groups is 1. The molecule has 0 bridgehead atoms. The average Bonchev–Trinajstić information content (AvgIpc) is 2.70. The Morgan fingerprint density at radius 3 is 2.47 bits per heavy atom. The van der Waals surface area contributed by atoms with Crippen LogP contribution in [0.4, 0.5) is 10.9 Å². The summed E-state index contributed by atoms with van der Waals surface area (Å²) in [6, 6.07) is 0. The van der Waals surface area contributed by atoms with Crippen LogP contribution in [0.5, 0.6) is 0 Å². The van der Waals surface area contributed by atoms with Gasteiger partial charge in [0.2, 0.25) is 0 Å². The van der Waals surface area contributed by atoms with Crippen LogP contribution >= 0.6 is 11.3 Å². The van der Waals surface area contributed by atoms with Crippen molar-refractivity contribution in [2.45, 2.75) is 26.7 Å². The summed E-state index contributed by atoms with van der Waals surface area (Å²) in [5.74, 6) is -0.159. The van der Waals surface area contributed by atoms with E-state index < -0.39 is 5.97 Å². The summed E-state index contributed by atoms with van der Waals surface area (Å²) in [6.07, 6.45) is 2.07. The zero-order valence-electron chi connectivity index (χ0n) is 10.5. The molecule has 0 saturated heterocycles. The Balaban J connectivity index is 2.93. The zero-order chi connectivity index (χ0) is 12.8. The standard InChI is InChI=1S/C11H19N3O2S/c1-4-6-14(7-5-2)11-13-9(12)8(17-11)10(15)16-3/h4-7,12H2,1-3H3. The normalized spacial score (nSPS) is 10.3. The van der Waals surface area contributed by atoms with Crippen molar-refractivity contribution in [3.8, 4) is 0 Å². The second-order valence-electron chi connectivity index (χ2n) is 3.69. The van der Waals surface area contributed by atoms with Crippen LogP contribution in [0, 0.1) is 0 Å². The van der Waals surface area contributed by atoms with Crippen molar-refractivity contribution in [2.75, 3.05) is 30.8 Å². The van der Waals surface area contributed by atoms with Gasteiger partial charge in [-0.15, -0.1) is 0 Å². The fourth-order valence-electron chi connectivity index (χ4n) is 1.54. The summed E-state index contributed by atoms with van der Waals surface area (Å²) in [4.78, 5) is 18.2. The van der Waals surface area contributed by atoms with Gasteiger partial charge in [0.15, 0.2) is 15.8 Å². The van der Waals surface area contributed by atoms with E-state index in [1.54, 1.807) is 0 Å². The number of methoxy groups -OCH3 is 1. The molecule has 0 aliphatic carbocycles. The maximum Gasteiger partial charge on any atom is 0.351 e. The summed E-state index contributed by atoms with van der Waals surface area (Å²) in [5, 5.41) is 0.798. The Labute approximate surface area is 106 Å². The van der Waals surface area contributed by atoms with Crippen molar-refractivity contribution in [1.82, 2.24) is 4.98 Å². The van der Waals surface area contributed by atoms with Gasteiger partial charge in [-0.3, -0.25) is 0 Å². The van der Waals surface area contributed by atoms with Crippen LogP contribution in [0.1, 0.15) is 36.4 Å². The number of esters is 1. The maximum absolute atomic E-state index is 11.4. The first-order valence-electron chi connectivity index (χ1n) is 5.73. The number of nitrogens with zero attached hydrogens (tertiary/aromatic N) is 2. The molecule has 96 valence electrons. The second-order valence-corrected chi connectivity index (χ2v) is 4.67. The Morgan fingerprint density at radius 2 is 2.00 bits per heavy atom. The van der Waals surface area contributed by atoms with E-state index in [0.29, 0.717) is 4.88 Å². The number of thiazole rings is 1. The number of hydrogen-bond acceptors (Lipinski definition) is 6. The van der Waals surface area contributed by atoms with Gasteiger partial charge in [0, 0.05) is 13.1 Å². The minimum absolute atomic E-state index is 0.258. The predicted molar refractivity (Wildman–Crippen MR) is 70.7 cm³/mol. The molecule has 0 aromatic carbocycles. The van der Waals surface area contributed by atoms with E-state index in [4.69, 9.17) is 5.73 Å². The summed E-state index contributed by atoms with van der Waals surface area (Å²) >= 11 is 1.30. The molecule has 0 saturated carbocycles. The lowest BCUT2D eigenvalue weighted by atomic mass is 10.4. The fraction of sp³-hybridized carbons (Fsp3) is 0.636. The lowest BCUT2D eigenvalue weighted by molar-refractivity contribution is 0.0607. The molecule has 0 atom stereocenters. The van der Waals surface area contributed by atoms with E-state index in [9.17, 15) is 4.79 Å². The van der Waals surface area contributed by atoms with Gasteiger partial charge in [-0.05, 0) is 12.8 Å². The van der Waals surface area contributed by atoms with Crippen molar-refractivity contribution < 1.29 is 9.53 Å². The lowest BCUT2D eigenvalue weighted by Gasteiger charge is -2.19. The monoisotopic (exact) mass is 257 g/mol. The SMILES string of the molecule is CCCN(CCC)c1nc(N)c(C(=O)OC)s1. The third kappa shape index (κ3) is 3.33. The fourth-order valence-corrected chi connectivity index (χ4v) is 2.49. The largest absolute Gasteiger partial charge is 0.465 e. The zero-order valence-corrected chi connectivity index (χ0v) is 11.3. The Morgan fingerprint density at radius 1 is 1.41 bits per heavy atom. The molecule has 5 nitrogen and oxygen atoms in total. The minimum Gasteiger partial charge on any atom is -0.465 e. The van der Waals surface area contributed by atoms with Crippen molar-refractivity contribution >= 4 is 28.3 Å². The number of hydrogen-bond donors (Lipinski definition) is 1. The average molecular weight is 257 g/mol. The number of rotatable bonds is 6. The molecular weight excluding hydrogens is 238 g/mol. The number of carbonyl (C=O) groups excluding carboxylic acids is 1. The molecule has 0 amide bonds. The molecule has 0 aliphatic heterocycles. The Kier molecular flexibility index (Phi) is 5.21. The van der Waals surface area contributed by atoms with Gasteiger partial charge in [-0.25, -0.2) is 9.78 Å². The highest BCUT2D eigenvalue weighted by atomic mass is 32.1. The van der Waals surface area contributed by atoms with Crippen LogP contribution in [0.15, 0.2) is 0 Å². The third-order valence-corrected chi connectivity index (χ3v) is 3.38. The first-order valence-corrected chi connectivity index (χ1v) is 6.55. The number of anilines is 2. The van der Waals surface area contributed by atoms with Crippen LogP contribution in [0.2, 0.25) is 0 Å². The van der Waals surface area contributed by atoms with E-state index in [2.05, 4.69) is 28.5 Å². The molecule has 0 radical (unpaired) electrons. The maximum atomic E-state index is 11.4. The summed E-state index contributed by atoms with van der Waals surface area (Å²) in [6.45, 7) is 6.06. The predicted octanol–water partition coefficient (Wildman–Crippen LogP) is 2.14. The van der Waals surface area contributed by atoms with E-state index in [-0.39, 0.29) is 5.82 Å². The van der Waals surface area contributed by atoms with Gasteiger partial charge in [0.1, 0.15) is 0 Å². The van der Waals surface area contributed by atoms with Gasteiger partial charge in [-0.1, -0.05) is 25.2 Å². The second kappa shape index (κ2) is 6.44. The van der Waals surface area contributed by atoms with Crippen molar-refractivity contribution in [3.05, 3.63) is 4.88 Å². The highest BCUT2D eigenvalue weighted by Gasteiger charge is 2.19. The highest BCUT2D eigenvalue weighted by Crippen LogP contribution is 2.28. The van der Waals surface area contributed by atoms with Crippen LogP contribution in [0.25, 0.3) is 0 Å². The first kappa shape index (κ1) is 13.8. The van der Waals surface area contributed by atoms with E-state index in [0.717, 1.165) is 31.1 Å². The molecule has 0 aliphatic rings. The molecule has 0 spiro atoms. The van der Waals surface area contributed by atoms with Crippen molar-refractivity contribution in [2.24, 2.45) is 0 Å². The van der Waals surface area contributed by atoms with Crippen molar-refractivity contribution in [3.63, 3.8) is 0 Å². The lowest BCUT2D eigenvalue weighted by Crippen LogP contribution is -2.24. The number of aromatic nitrogens is 1. The molecule has 6 heteroatoms. The molecule has 2 N–H and O–H groups in total. The minimum atomic E-state index is -0.417. The molecule has 1 aromatic rings. The Hall–Kier alpha value is -1.30. The van der Waals surface area contributed by atoms with Gasteiger partial charge in [0.05, 0.1) is 7.11 Å². The molecule has 1 aromatic heterocycles. The number of nitrogen functional groups attached to an aromatic ring is 1. The molecular formula is C11H19N3O2S. The van der Waals surface area contributed by atoms with Gasteiger partial charge in [0.25, 0.3) is 0 Å². The van der Waals surface area contributed by atoms with Crippen LogP contribution < -0.4 is 10.6 Å². The van der Waals surface area contributed by atoms with Crippen molar-refractivity contribution in [1.29, 1.82) is 0 Å². The highest BCUT2D eigenvalue weighted by molar-refractivity contribution is 7.18. The number of ether oxygens (including phenoxy) is 1. The quantitative estimate of drug-likeness (QED) is 0.791. The molecule has 1 rings (SSSR count). The van der Waals surface area contributed by atoms with Gasteiger partial charge < -0.3 is 15.4 Å². The summed E-state index contributed by atoms with van der Waals surface area (Å²) < 4.78 is 4.66. The molecule has 0 unspecified atom stereocenters. The first-order chi connectivity index (χ1) is 8.13. The Bertz CT molecular complexity index is 373. The van der Waals surface area contributed by atoms with Gasteiger partial charge >= 0.3 is 5.97 Å². The summed E-state index contributed by atoms with van der Waals surface area (Å²) in [5.41, 5.74) is 5.72. The van der Waals surface area contributed by atoms with Gasteiger partial charge in [-0.2, -0.15) is 0 Å². The van der Waals surface area contributed by atoms with E-state index >= 15 is 0 Å². The third-order valence-electron chi connectivity index (χ3n) is 2.27. The molecule has 1 heterocycles. The van der Waals surface area contributed by atoms with E-state index in [1.165, 1.54) is 18.4 Å². The number of nitrogens with two attached hydrogens (primary N) is 1. The smallest absolute Gasteiger partial charge is 0.351 e. The van der Waals surface area contributed by atoms with Crippen LogP contribution in [-0.4, -0.2) is 31.2 Å². The summed E-state index contributed by atoms with van der Waals surface area (Å²) in [7, 11) is 1.34. The topological polar surface area (TPSA) is 68.5 Å².